The third-order valence-electron chi connectivity index (χ3n) is 8.30. The summed E-state index contributed by atoms with van der Waals surface area (Å²) in [4.78, 5) is 4.68. The van der Waals surface area contributed by atoms with Crippen LogP contribution in [0.2, 0.25) is 0 Å². The molecule has 4 aromatic heterocycles. The first kappa shape index (κ1) is 28.1. The number of hydrogen-bond acceptors (Lipinski definition) is 6. The van der Waals surface area contributed by atoms with E-state index in [1.807, 2.05) is 0 Å². The second-order valence-electron chi connectivity index (χ2n) is 11.4. The lowest BCUT2D eigenvalue weighted by molar-refractivity contribution is 0.660. The highest BCUT2D eigenvalue weighted by molar-refractivity contribution is 7.17. The number of nitrogens with zero attached hydrogens (tertiary/aromatic N) is 2. The van der Waals surface area contributed by atoms with Gasteiger partial charge in [0, 0.05) is 27.9 Å². The molecule has 45 heavy (non-hydrogen) atoms. The van der Waals surface area contributed by atoms with E-state index >= 15 is 0 Å². The average Bonchev–Trinajstić information content (AvgIpc) is 3.91. The number of thiophene rings is 4. The average molecular weight is 653 g/mol. The molecule has 0 spiro atoms. The lowest BCUT2D eigenvalue weighted by Crippen LogP contribution is -2.16. The van der Waals surface area contributed by atoms with Gasteiger partial charge in [-0.1, -0.05) is 37.8 Å². The molecule has 8 rings (SSSR count). The van der Waals surface area contributed by atoms with Gasteiger partial charge in [0.25, 0.3) is 0 Å². The number of fused-ring (bicyclic) bond motifs is 3. The predicted octanol–water partition coefficient (Wildman–Crippen LogP) is 12.6. The van der Waals surface area contributed by atoms with Gasteiger partial charge >= 0.3 is 0 Å². The van der Waals surface area contributed by atoms with E-state index in [9.17, 15) is 0 Å². The van der Waals surface area contributed by atoms with Crippen LogP contribution in [0, 0.1) is 11.8 Å². The van der Waals surface area contributed by atoms with Crippen molar-refractivity contribution in [1.29, 1.82) is 0 Å². The number of rotatable bonds is 6. The molecule has 0 saturated heterocycles. The van der Waals surface area contributed by atoms with Crippen molar-refractivity contribution >= 4 is 76.7 Å². The third-order valence-corrected chi connectivity index (χ3v) is 11.7. The molecule has 0 N–H and O–H groups in total. The van der Waals surface area contributed by atoms with Gasteiger partial charge in [0.05, 0.1) is 0 Å². The van der Waals surface area contributed by atoms with E-state index in [0.29, 0.717) is 0 Å². The van der Waals surface area contributed by atoms with E-state index in [1.165, 1.54) is 47.9 Å². The van der Waals surface area contributed by atoms with Crippen LogP contribution in [-0.2, 0) is 5.41 Å². The van der Waals surface area contributed by atoms with Gasteiger partial charge in [-0.05, 0) is 141 Å². The molecule has 0 radical (unpaired) electrons. The summed E-state index contributed by atoms with van der Waals surface area (Å²) in [5.41, 5.74) is 9.54. The summed E-state index contributed by atoms with van der Waals surface area (Å²) < 4.78 is 0. The molecule has 6 heteroatoms. The zero-order valence-corrected chi connectivity index (χ0v) is 28.0. The lowest BCUT2D eigenvalue weighted by Gasteiger charge is -2.26. The molecule has 0 aliphatic heterocycles. The Bertz CT molecular complexity index is 2060. The molecule has 3 aromatic carbocycles. The zero-order chi connectivity index (χ0) is 30.4. The summed E-state index contributed by atoms with van der Waals surface area (Å²) in [7, 11) is 0. The molecule has 1 aliphatic rings. The Labute approximate surface area is 280 Å². The van der Waals surface area contributed by atoms with E-state index in [2.05, 4.69) is 166 Å². The molecule has 0 unspecified atom stereocenters. The maximum atomic E-state index is 3.46. The predicted molar refractivity (Wildman–Crippen MR) is 197 cm³/mol. The molecule has 2 nitrogen and oxygen atoms in total. The van der Waals surface area contributed by atoms with Crippen molar-refractivity contribution in [3.63, 3.8) is 0 Å². The van der Waals surface area contributed by atoms with Gasteiger partial charge < -0.3 is 0 Å². The van der Waals surface area contributed by atoms with E-state index in [0.717, 1.165) is 16.8 Å². The van der Waals surface area contributed by atoms with E-state index in [4.69, 9.17) is 0 Å². The van der Waals surface area contributed by atoms with Crippen LogP contribution in [0.1, 0.15) is 36.1 Å². The fourth-order valence-corrected chi connectivity index (χ4v) is 9.26. The zero-order valence-electron chi connectivity index (χ0n) is 24.7. The Kier molecular flexibility index (Phi) is 7.20. The second kappa shape index (κ2) is 11.5. The first-order valence-corrected chi connectivity index (χ1v) is 18.2. The van der Waals surface area contributed by atoms with Crippen LogP contribution in [0.25, 0.3) is 11.1 Å². The molecular formula is C39H28N2S4. The molecule has 1 aliphatic carbocycles. The minimum atomic E-state index is -0.135. The Morgan fingerprint density at radius 1 is 0.467 bits per heavy atom. The summed E-state index contributed by atoms with van der Waals surface area (Å²) in [5, 5.41) is 13.4. The molecule has 0 saturated carbocycles. The molecule has 0 atom stereocenters. The number of benzene rings is 3. The van der Waals surface area contributed by atoms with Crippen molar-refractivity contribution in [1.82, 2.24) is 0 Å². The number of hydrogen-bond donors (Lipinski definition) is 0. The summed E-state index contributed by atoms with van der Waals surface area (Å²) in [5.74, 6) is 6.88. The van der Waals surface area contributed by atoms with Gasteiger partial charge in [-0.25, -0.2) is 0 Å². The standard InChI is InChI=1S/C39H28N2S4/c1-39(2)33-25-28(12-11-27-13-16-29(17-14-27)40(35-7-3-21-42-35)36-8-4-22-43-36)15-19-31(33)32-20-18-30(26-34(32)39)41(37-9-5-23-44-37)38-10-6-24-45-38/h3-10,13-26H,1-2H3. The maximum Gasteiger partial charge on any atom is 0.101 e. The van der Waals surface area contributed by atoms with Gasteiger partial charge in [-0.15, -0.1) is 45.3 Å². The van der Waals surface area contributed by atoms with Gasteiger partial charge in [0.2, 0.25) is 0 Å². The molecule has 4 heterocycles. The second-order valence-corrected chi connectivity index (χ2v) is 15.1. The van der Waals surface area contributed by atoms with E-state index < -0.39 is 0 Å². The van der Waals surface area contributed by atoms with Crippen molar-refractivity contribution in [2.45, 2.75) is 19.3 Å². The van der Waals surface area contributed by atoms with Crippen LogP contribution in [0.4, 0.5) is 31.4 Å². The summed E-state index contributed by atoms with van der Waals surface area (Å²) in [6.07, 6.45) is 0. The largest absolute Gasteiger partial charge is 0.293 e. The molecule has 0 bridgehead atoms. The van der Waals surface area contributed by atoms with Crippen molar-refractivity contribution in [2.75, 3.05) is 9.80 Å². The molecule has 218 valence electrons. The van der Waals surface area contributed by atoms with Crippen LogP contribution in [0.5, 0.6) is 0 Å². The number of anilines is 6. The quantitative estimate of drug-likeness (QED) is 0.165. The summed E-state index contributed by atoms with van der Waals surface area (Å²) in [6, 6.07) is 39.4. The molecule has 0 amide bonds. The molecule has 0 fully saturated rings. The van der Waals surface area contributed by atoms with E-state index in [-0.39, 0.29) is 5.41 Å². The topological polar surface area (TPSA) is 6.48 Å². The Hall–Kier alpha value is -4.38. The van der Waals surface area contributed by atoms with Gasteiger partial charge in [0.15, 0.2) is 0 Å². The van der Waals surface area contributed by atoms with Crippen LogP contribution in [-0.4, -0.2) is 0 Å². The molecular weight excluding hydrogens is 625 g/mol. The fraction of sp³-hybridized carbons (Fsp3) is 0.0769. The maximum absolute atomic E-state index is 3.46. The van der Waals surface area contributed by atoms with Crippen molar-refractivity contribution in [3.8, 4) is 23.0 Å². The minimum absolute atomic E-state index is 0.135. The lowest BCUT2D eigenvalue weighted by atomic mass is 9.82. The smallest absolute Gasteiger partial charge is 0.101 e. The monoisotopic (exact) mass is 652 g/mol. The van der Waals surface area contributed by atoms with Crippen molar-refractivity contribution in [3.05, 3.63) is 153 Å². The van der Waals surface area contributed by atoms with Crippen LogP contribution in [0.15, 0.2) is 131 Å². The molecule has 7 aromatic rings. The highest BCUT2D eigenvalue weighted by Crippen LogP contribution is 2.51. The SMILES string of the molecule is CC1(C)c2cc(C#Cc3ccc(N(c4cccs4)c4cccs4)cc3)ccc2-c2ccc(N(c3cccs3)c3cccs3)cc21. The highest BCUT2D eigenvalue weighted by atomic mass is 32.1. The van der Waals surface area contributed by atoms with Gasteiger partial charge in [-0.3, -0.25) is 9.80 Å². The fourth-order valence-electron chi connectivity index (χ4n) is 6.10. The summed E-state index contributed by atoms with van der Waals surface area (Å²) >= 11 is 7.02. The Morgan fingerprint density at radius 2 is 0.889 bits per heavy atom. The highest BCUT2D eigenvalue weighted by Gasteiger charge is 2.36. The van der Waals surface area contributed by atoms with Crippen LogP contribution >= 0.6 is 45.3 Å². The normalized spacial score (nSPS) is 12.7. The minimum Gasteiger partial charge on any atom is -0.293 e. The van der Waals surface area contributed by atoms with Gasteiger partial charge in [-0.2, -0.15) is 0 Å². The first-order chi connectivity index (χ1) is 22.1. The van der Waals surface area contributed by atoms with Crippen molar-refractivity contribution in [2.24, 2.45) is 0 Å². The van der Waals surface area contributed by atoms with Crippen LogP contribution < -0.4 is 9.80 Å². The first-order valence-electron chi connectivity index (χ1n) is 14.7. The van der Waals surface area contributed by atoms with Gasteiger partial charge in [0.1, 0.15) is 20.0 Å². The van der Waals surface area contributed by atoms with E-state index in [1.54, 1.807) is 45.3 Å². The van der Waals surface area contributed by atoms with Crippen molar-refractivity contribution < 1.29 is 0 Å². The summed E-state index contributed by atoms with van der Waals surface area (Å²) in [6.45, 7) is 4.68. The Balaban J connectivity index is 1.08. The van der Waals surface area contributed by atoms with Crippen LogP contribution in [0.3, 0.4) is 0 Å². The Morgan fingerprint density at radius 3 is 1.40 bits per heavy atom. The third kappa shape index (κ3) is 5.12.